The zero-order valence-electron chi connectivity index (χ0n) is 66.2. The lowest BCUT2D eigenvalue weighted by molar-refractivity contribution is -0.350. The van der Waals surface area contributed by atoms with Crippen molar-refractivity contribution < 1.29 is 155 Å². The Labute approximate surface area is 719 Å². The maximum absolute atomic E-state index is 16.4. The van der Waals surface area contributed by atoms with E-state index in [1.807, 2.05) is 0 Å². The number of carboxylic acids is 1. The summed E-state index contributed by atoms with van der Waals surface area (Å²) in [6.07, 6.45) is -35.1. The third-order valence-electron chi connectivity index (χ3n) is 21.5. The van der Waals surface area contributed by atoms with Crippen LogP contribution in [-0.2, 0) is 68.6 Å². The molecule has 678 valence electrons. The summed E-state index contributed by atoms with van der Waals surface area (Å²) in [5, 5.41) is 158. The van der Waals surface area contributed by atoms with Crippen LogP contribution in [0, 0.1) is 5.92 Å². The third kappa shape index (κ3) is 21.4. The van der Waals surface area contributed by atoms with Gasteiger partial charge in [-0.15, -0.1) is 13.2 Å². The molecule has 24 N–H and O–H groups in total. The monoisotopic (exact) mass is 1800 g/mol. The van der Waals surface area contributed by atoms with Gasteiger partial charge in [0.15, 0.2) is 30.1 Å². The number of carboxylic acid groups (broad SMARTS) is 1. The highest BCUT2D eigenvalue weighted by atomic mass is 35.5. The van der Waals surface area contributed by atoms with E-state index in [1.54, 1.807) is 13.8 Å². The molecule has 0 spiro atoms. The van der Waals surface area contributed by atoms with Crippen LogP contribution in [0.1, 0.15) is 118 Å². The van der Waals surface area contributed by atoms with Crippen molar-refractivity contribution in [1.82, 2.24) is 42.5 Å². The van der Waals surface area contributed by atoms with Crippen LogP contribution < -0.4 is 72.9 Å². The molecule has 3 fully saturated rings. The van der Waals surface area contributed by atoms with Crippen molar-refractivity contribution in [3.05, 3.63) is 147 Å². The first-order valence-electron chi connectivity index (χ1n) is 38.7. The van der Waals surface area contributed by atoms with Gasteiger partial charge in [0.2, 0.25) is 53.4 Å². The van der Waals surface area contributed by atoms with Crippen LogP contribution in [-0.4, -0.2) is 245 Å². The minimum Gasteiger partial charge on any atom is -0.508 e. The first kappa shape index (κ1) is 95.1. The van der Waals surface area contributed by atoms with Crippen LogP contribution in [0.4, 0.5) is 13.2 Å². The van der Waals surface area contributed by atoms with Gasteiger partial charge >= 0.3 is 12.3 Å². The van der Waals surface area contributed by atoms with Crippen molar-refractivity contribution >= 4 is 70.5 Å². The molecule has 7 amide bonds. The van der Waals surface area contributed by atoms with Crippen LogP contribution in [0.3, 0.4) is 0 Å². The summed E-state index contributed by atoms with van der Waals surface area (Å²) in [4.78, 5) is 120. The van der Waals surface area contributed by atoms with E-state index < -0.39 is 296 Å². The number of hydrogen-bond acceptors (Lipinski definition) is 31. The summed E-state index contributed by atoms with van der Waals surface area (Å²) >= 11 is 14.4. The number of alkyl halides is 3. The number of aliphatic carboxylic acids is 1. The van der Waals surface area contributed by atoms with E-state index in [2.05, 4.69) is 47.3 Å². The summed E-state index contributed by atoms with van der Waals surface area (Å²) in [6.45, 7) is 4.87. The first-order chi connectivity index (χ1) is 58.5. The SMILES string of the molecule is C.CN[C@H](CC(C)C)C(=O)N[C@H]1C(=O)N[C@@H](CC(N)=O)C(=O)N[C@H]2C(=O)N[C@H]3C(=O)N[C@H](C(=O)N[C@@H](C(=O)O)c4cc(O)cc(O)c4-c4cc3ccc4O)[C@H](OC3C[C@](C)(N)[C@@H](O)[C@H](C)O3)c3ccc(c(Cl)c3)Oc3cc2cc(c3O[C@@H]2O[C@H](CO)[C@@H](O[C@@H]3O[C@H](CNCc4ccc(OC(F)(F)F)cc4)[C@H](O)[C@H](O)[C@H]3O)[C@H](O)[C@H]2O)Oc2ccc(cc2Cl)[C@H]1O. The van der Waals surface area contributed by atoms with Crippen molar-refractivity contribution in [2.45, 2.75) is 207 Å². The molecule has 23 atom stereocenters. The Morgan fingerprint density at radius 3 is 1.89 bits per heavy atom. The number of primary amides is 1. The van der Waals surface area contributed by atoms with Crippen LogP contribution in [0.25, 0.3) is 11.1 Å². The number of hydrogen-bond donors (Lipinski definition) is 22. The number of carbonyl (C=O) groups excluding carboxylic acids is 7. The number of ether oxygens (including phenoxy) is 9. The van der Waals surface area contributed by atoms with Gasteiger partial charge in [0.05, 0.1) is 41.3 Å². The number of aliphatic hydroxyl groups excluding tert-OH is 8. The number of aromatic hydroxyl groups is 3. The number of benzene rings is 6. The topological polar surface area (TPSA) is 611 Å². The molecule has 0 aliphatic carbocycles. The van der Waals surface area contributed by atoms with Gasteiger partial charge in [-0.1, -0.05) is 74.8 Å². The van der Waals surface area contributed by atoms with E-state index in [4.69, 9.17) is 72.6 Å². The summed E-state index contributed by atoms with van der Waals surface area (Å²) in [5.74, 6) is -17.6. The molecule has 6 aromatic rings. The molecule has 0 saturated carbocycles. The number of amides is 7. The second-order valence-corrected chi connectivity index (χ2v) is 32.0. The van der Waals surface area contributed by atoms with Gasteiger partial charge < -0.3 is 158 Å². The normalized spacial score (nSPS) is 29.8. The third-order valence-corrected chi connectivity index (χ3v) is 22.1. The van der Waals surface area contributed by atoms with E-state index in [1.165, 1.54) is 39.1 Å². The number of nitrogens with two attached hydrogens (primary N) is 2. The Balaban J connectivity index is 0.0000152. The molecule has 11 bridgehead atoms. The molecule has 3 saturated heterocycles. The van der Waals surface area contributed by atoms with Gasteiger partial charge in [-0.2, -0.15) is 0 Å². The number of phenolic OH excluding ortho intramolecular Hbond substituents is 3. The molecule has 8 aliphatic rings. The molecule has 125 heavy (non-hydrogen) atoms. The number of carbonyl (C=O) groups is 8. The van der Waals surface area contributed by atoms with Gasteiger partial charge in [0, 0.05) is 47.8 Å². The summed E-state index contributed by atoms with van der Waals surface area (Å²) in [7, 11) is 1.45. The maximum atomic E-state index is 16.4. The van der Waals surface area contributed by atoms with E-state index in [0.29, 0.717) is 5.56 Å². The second kappa shape index (κ2) is 39.1. The van der Waals surface area contributed by atoms with E-state index in [0.717, 1.165) is 84.9 Å². The summed E-state index contributed by atoms with van der Waals surface area (Å²) < 4.78 is 93.3. The van der Waals surface area contributed by atoms with Crippen molar-refractivity contribution in [2.75, 3.05) is 20.2 Å². The predicted octanol–water partition coefficient (Wildman–Crippen LogP) is 1.26. The molecule has 6 aromatic carbocycles. The van der Waals surface area contributed by atoms with E-state index in [-0.39, 0.29) is 50.4 Å². The fourth-order valence-electron chi connectivity index (χ4n) is 15.2. The second-order valence-electron chi connectivity index (χ2n) is 31.2. The Morgan fingerprint density at radius 1 is 0.672 bits per heavy atom. The summed E-state index contributed by atoms with van der Waals surface area (Å²) in [6, 6.07) is 3.18. The molecule has 1 unspecified atom stereocenters. The van der Waals surface area contributed by atoms with E-state index >= 15 is 24.0 Å². The van der Waals surface area contributed by atoms with Crippen LogP contribution in [0.5, 0.6) is 51.7 Å². The van der Waals surface area contributed by atoms with Crippen molar-refractivity contribution in [1.29, 1.82) is 0 Å². The Hall–Kier alpha value is -10.6. The van der Waals surface area contributed by atoms with Gasteiger partial charge in [0.25, 0.3) is 0 Å². The zero-order valence-corrected chi connectivity index (χ0v) is 67.7. The van der Waals surface area contributed by atoms with Crippen LogP contribution in [0.15, 0.2) is 103 Å². The maximum Gasteiger partial charge on any atom is 0.573 e. The lowest BCUT2D eigenvalue weighted by Gasteiger charge is -2.46. The first-order valence-corrected chi connectivity index (χ1v) is 39.4. The standard InChI is InChI=1S/C80H91Cl2F3N10O29.CH4/c1-29(2)16-42(88-5)70(108)94-58-60(101)33-9-14-46(40(81)18-33)117-48-20-35-21-49(67(48)122-78-65(106)63(104)68(51(28-96)120-78)123-77-64(105)62(103)61(102)50(119-77)27-89-26-31-6-11-37(12-7-31)124-80(83,84)85)118-47-15-10-34(19-41(47)82)66(121-53-25-79(4,87)69(107)30(3)116-53)59-75(113)93-57(76(114)115)39-22-36(97)23-45(99)54(39)38-17-32(8-13-44(38)98)55(72(110)95-59)92-73(111)56(35)91-71(109)43(24-52(86)100)90-74(58)112;/h6-15,17-23,29-30,42-43,50-51,53,55-66,68-69,77-78,88-89,96-99,101-107H,16,24-28,87H2,1-5H3,(H2,86,100)(H,90,112)(H,91,109)(H,92,111)(H,93,113)(H,94,108)(H,95,110)(H,114,115);1H4/t30-,42+,43-,50+,51+,53?,55+,56+,57+,58+,59-,60+,61-,62-,63+,64+,65+,66+,68+,69-,77-,78-,79-;/m0./s1. The number of rotatable bonds is 20. The smallest absolute Gasteiger partial charge is 0.508 e. The number of aliphatic hydroxyl groups is 8. The molecular formula is C81H95Cl2F3N10O29. The zero-order chi connectivity index (χ0) is 90.2. The van der Waals surface area contributed by atoms with Crippen molar-refractivity contribution in [3.8, 4) is 62.9 Å². The Morgan fingerprint density at radius 2 is 1.28 bits per heavy atom. The minimum atomic E-state index is -4.97. The highest BCUT2D eigenvalue weighted by Gasteiger charge is 2.53. The predicted molar refractivity (Wildman–Crippen MR) is 426 cm³/mol. The average molecular weight is 1800 g/mol. The molecule has 44 heteroatoms. The number of likely N-dealkylation sites (N-methyl/N-ethyl adjacent to an activating group) is 1. The van der Waals surface area contributed by atoms with Crippen molar-refractivity contribution in [3.63, 3.8) is 0 Å². The number of halogens is 5. The molecule has 8 heterocycles. The number of phenols is 3. The quantitative estimate of drug-likeness (QED) is 0.0511. The molecular weight excluding hydrogens is 1700 g/mol. The lowest BCUT2D eigenvalue weighted by atomic mass is 9.86. The molecule has 0 radical (unpaired) electrons. The Bertz CT molecular complexity index is 5010. The number of nitrogens with one attached hydrogen (secondary N) is 8. The molecule has 8 aliphatic heterocycles. The average Bonchev–Trinajstić information content (AvgIpc) is 1.35. The van der Waals surface area contributed by atoms with Gasteiger partial charge in [-0.05, 0) is 128 Å². The van der Waals surface area contributed by atoms with Crippen LogP contribution in [0.2, 0.25) is 10.0 Å². The highest BCUT2D eigenvalue weighted by molar-refractivity contribution is 6.32. The lowest BCUT2D eigenvalue weighted by Crippen LogP contribution is -2.65. The Kier molecular flexibility index (Phi) is 29.7. The molecule has 0 aromatic heterocycles. The highest BCUT2D eigenvalue weighted by Crippen LogP contribution is 2.50. The number of fused-ring (bicyclic) bond motifs is 15. The summed E-state index contributed by atoms with van der Waals surface area (Å²) in [5.41, 5.74) is 8.18. The van der Waals surface area contributed by atoms with Crippen molar-refractivity contribution in [2.24, 2.45) is 17.4 Å². The fourth-order valence-corrected chi connectivity index (χ4v) is 15.6. The van der Waals surface area contributed by atoms with E-state index in [9.17, 15) is 88.8 Å². The van der Waals surface area contributed by atoms with Gasteiger partial charge in [-0.3, -0.25) is 33.6 Å². The fraction of sp³-hybridized carbons (Fsp3) is 0.457. The minimum absolute atomic E-state index is 0. The van der Waals surface area contributed by atoms with Gasteiger partial charge in [0.1, 0.15) is 126 Å². The van der Waals surface area contributed by atoms with Crippen LogP contribution >= 0.6 is 23.2 Å². The van der Waals surface area contributed by atoms with Gasteiger partial charge in [-0.25, -0.2) is 4.79 Å². The largest absolute Gasteiger partial charge is 0.573 e. The molecule has 39 nitrogen and oxygen atoms in total. The molecule has 14 rings (SSSR count).